The third kappa shape index (κ3) is 6.88. The van der Waals surface area contributed by atoms with Crippen molar-refractivity contribution in [3.8, 4) is 0 Å². The van der Waals surface area contributed by atoms with E-state index in [9.17, 15) is 9.59 Å². The largest absolute Gasteiger partial charge is 0.444 e. The second-order valence-corrected chi connectivity index (χ2v) is 11.1. The quantitative estimate of drug-likeness (QED) is 0.252. The third-order valence-corrected chi connectivity index (χ3v) is 5.48. The van der Waals surface area contributed by atoms with Gasteiger partial charge in [0.2, 0.25) is 0 Å². The van der Waals surface area contributed by atoms with Crippen molar-refractivity contribution in [2.45, 2.75) is 72.1 Å². The van der Waals surface area contributed by atoms with Crippen LogP contribution < -0.4 is 10.6 Å². The van der Waals surface area contributed by atoms with Gasteiger partial charge in [-0.3, -0.25) is 10.6 Å². The zero-order valence-electron chi connectivity index (χ0n) is 20.8. The number of aryl methyl sites for hydroxylation is 1. The van der Waals surface area contributed by atoms with Crippen LogP contribution in [0.15, 0.2) is 36.4 Å². The Kier molecular flexibility index (Phi) is 7.81. The normalized spacial score (nSPS) is 12.1. The van der Waals surface area contributed by atoms with Crippen molar-refractivity contribution in [2.24, 2.45) is 0 Å². The van der Waals surface area contributed by atoms with Gasteiger partial charge in [-0.1, -0.05) is 15.9 Å². The molecule has 0 aliphatic carbocycles. The Morgan fingerprint density at radius 2 is 1.24 bits per heavy atom. The summed E-state index contributed by atoms with van der Waals surface area (Å²) in [6, 6.07) is 11.7. The number of benzene rings is 2. The minimum absolute atomic E-state index is 0.500. The Morgan fingerprint density at radius 1 is 0.794 bits per heavy atom. The predicted molar refractivity (Wildman–Crippen MR) is 142 cm³/mol. The molecular formula is C26H34BrN3O4. The first-order valence-electron chi connectivity index (χ1n) is 11.5. The number of aromatic nitrogens is 1. The number of carbonyl (C=O) groups is 2. The Labute approximate surface area is 209 Å². The Balaban J connectivity index is 2.00. The fraction of sp³-hybridized carbons (Fsp3) is 0.462. The molecule has 184 valence electrons. The summed E-state index contributed by atoms with van der Waals surface area (Å²) in [7, 11) is 0. The van der Waals surface area contributed by atoms with Crippen molar-refractivity contribution in [3.63, 3.8) is 0 Å². The molecule has 2 N–H and O–H groups in total. The standard InChI is InChI=1S/C26H34BrN3O4/c1-25(2,3)33-23(31)28-17-9-11-21-19(15-17)20-16-18(29-24(32)34-26(4,5)6)10-12-22(20)30(21)14-8-7-13-27/h9-12,15-16H,7-8,13-14H2,1-6H3,(H,28,31)(H,29,32). The lowest BCUT2D eigenvalue weighted by Gasteiger charge is -2.19. The molecule has 0 fully saturated rings. The topological polar surface area (TPSA) is 81.6 Å². The molecule has 0 spiro atoms. The second kappa shape index (κ2) is 10.3. The summed E-state index contributed by atoms with van der Waals surface area (Å²) in [5.41, 5.74) is 2.25. The number of nitrogens with zero attached hydrogens (tertiary/aromatic N) is 1. The van der Waals surface area contributed by atoms with E-state index in [-0.39, 0.29) is 0 Å². The molecule has 2 amide bonds. The molecule has 1 heterocycles. The van der Waals surface area contributed by atoms with Crippen LogP contribution in [0, 0.1) is 0 Å². The fourth-order valence-electron chi connectivity index (χ4n) is 3.71. The molecule has 3 aromatic rings. The Hall–Kier alpha value is -2.74. The number of anilines is 2. The lowest BCUT2D eigenvalue weighted by molar-refractivity contribution is 0.0624. The summed E-state index contributed by atoms with van der Waals surface area (Å²) in [5, 5.41) is 8.57. The highest BCUT2D eigenvalue weighted by molar-refractivity contribution is 9.09. The number of alkyl halides is 1. The monoisotopic (exact) mass is 531 g/mol. The maximum Gasteiger partial charge on any atom is 0.412 e. The number of carbonyl (C=O) groups excluding carboxylic acids is 2. The summed E-state index contributed by atoms with van der Waals surface area (Å²) in [5.74, 6) is 0. The average Bonchev–Trinajstić information content (AvgIpc) is 2.98. The molecular weight excluding hydrogens is 498 g/mol. The van der Waals surface area contributed by atoms with Gasteiger partial charge in [-0.2, -0.15) is 0 Å². The number of unbranched alkanes of at least 4 members (excludes halogenated alkanes) is 1. The Bertz CT molecular complexity index is 1100. The van der Waals surface area contributed by atoms with E-state index >= 15 is 0 Å². The molecule has 0 radical (unpaired) electrons. The molecule has 0 aliphatic rings. The number of fused-ring (bicyclic) bond motifs is 3. The number of hydrogen-bond acceptors (Lipinski definition) is 4. The van der Waals surface area contributed by atoms with Crippen molar-refractivity contribution in [1.29, 1.82) is 0 Å². The highest BCUT2D eigenvalue weighted by Gasteiger charge is 2.19. The summed E-state index contributed by atoms with van der Waals surface area (Å²) in [6.07, 6.45) is 1.10. The van der Waals surface area contributed by atoms with Gasteiger partial charge < -0.3 is 14.0 Å². The maximum atomic E-state index is 12.3. The van der Waals surface area contributed by atoms with Crippen molar-refractivity contribution < 1.29 is 19.1 Å². The van der Waals surface area contributed by atoms with Gasteiger partial charge in [-0.25, -0.2) is 9.59 Å². The van der Waals surface area contributed by atoms with E-state index in [1.54, 1.807) is 0 Å². The number of amides is 2. The van der Waals surface area contributed by atoms with Crippen molar-refractivity contribution in [1.82, 2.24) is 4.57 Å². The molecule has 0 atom stereocenters. The van der Waals surface area contributed by atoms with E-state index in [4.69, 9.17) is 9.47 Å². The number of rotatable bonds is 6. The van der Waals surface area contributed by atoms with E-state index < -0.39 is 23.4 Å². The van der Waals surface area contributed by atoms with E-state index in [1.807, 2.05) is 77.9 Å². The molecule has 0 saturated heterocycles. The second-order valence-electron chi connectivity index (χ2n) is 10.3. The van der Waals surface area contributed by atoms with Crippen LogP contribution in [0.3, 0.4) is 0 Å². The molecule has 0 aliphatic heterocycles. The van der Waals surface area contributed by atoms with Crippen molar-refractivity contribution in [2.75, 3.05) is 16.0 Å². The third-order valence-electron chi connectivity index (χ3n) is 4.92. The first-order chi connectivity index (χ1) is 15.9. The van der Waals surface area contributed by atoms with Crippen LogP contribution in [0.25, 0.3) is 21.8 Å². The fourth-order valence-corrected chi connectivity index (χ4v) is 4.10. The summed E-state index contributed by atoms with van der Waals surface area (Å²) in [6.45, 7) is 11.8. The van der Waals surface area contributed by atoms with Crippen molar-refractivity contribution >= 4 is 61.3 Å². The van der Waals surface area contributed by atoms with Gasteiger partial charge in [0.25, 0.3) is 0 Å². The lowest BCUT2D eigenvalue weighted by atomic mass is 10.1. The molecule has 0 unspecified atom stereocenters. The predicted octanol–water partition coefficient (Wildman–Crippen LogP) is 7.66. The minimum Gasteiger partial charge on any atom is -0.444 e. The molecule has 3 rings (SSSR count). The highest BCUT2D eigenvalue weighted by atomic mass is 79.9. The summed E-state index contributed by atoms with van der Waals surface area (Å²) in [4.78, 5) is 24.6. The van der Waals surface area contributed by atoms with Crippen LogP contribution in [0.2, 0.25) is 0 Å². The van der Waals surface area contributed by atoms with E-state index in [0.29, 0.717) is 11.4 Å². The minimum atomic E-state index is -0.581. The van der Waals surface area contributed by atoms with Gasteiger partial charge >= 0.3 is 12.2 Å². The smallest absolute Gasteiger partial charge is 0.412 e. The molecule has 0 bridgehead atoms. The molecule has 2 aromatic carbocycles. The number of hydrogen-bond donors (Lipinski definition) is 2. The average molecular weight is 532 g/mol. The molecule has 7 nitrogen and oxygen atoms in total. The summed E-state index contributed by atoms with van der Waals surface area (Å²) >= 11 is 3.51. The number of nitrogens with one attached hydrogen (secondary N) is 2. The van der Waals surface area contributed by atoms with Gasteiger partial charge in [0.05, 0.1) is 0 Å². The molecule has 8 heteroatoms. The van der Waals surface area contributed by atoms with Gasteiger partial charge in [-0.05, 0) is 90.8 Å². The van der Waals surface area contributed by atoms with E-state index in [1.165, 1.54) is 0 Å². The van der Waals surface area contributed by atoms with E-state index in [2.05, 4.69) is 31.1 Å². The van der Waals surface area contributed by atoms with Gasteiger partial charge in [0.15, 0.2) is 0 Å². The van der Waals surface area contributed by atoms with Crippen LogP contribution in [0.4, 0.5) is 21.0 Å². The molecule has 34 heavy (non-hydrogen) atoms. The Morgan fingerprint density at radius 3 is 1.62 bits per heavy atom. The molecule has 1 aromatic heterocycles. The van der Waals surface area contributed by atoms with Crippen LogP contribution >= 0.6 is 15.9 Å². The van der Waals surface area contributed by atoms with Crippen molar-refractivity contribution in [3.05, 3.63) is 36.4 Å². The first-order valence-corrected chi connectivity index (χ1v) is 12.6. The maximum absolute atomic E-state index is 12.3. The van der Waals surface area contributed by atoms with Gasteiger partial charge in [0.1, 0.15) is 11.2 Å². The highest BCUT2D eigenvalue weighted by Crippen LogP contribution is 2.33. The molecule has 0 saturated carbocycles. The first kappa shape index (κ1) is 25.9. The van der Waals surface area contributed by atoms with E-state index in [0.717, 1.165) is 46.5 Å². The van der Waals surface area contributed by atoms with Crippen LogP contribution in [-0.2, 0) is 16.0 Å². The van der Waals surface area contributed by atoms with Crippen LogP contribution in [-0.4, -0.2) is 33.3 Å². The summed E-state index contributed by atoms with van der Waals surface area (Å²) < 4.78 is 13.1. The van der Waals surface area contributed by atoms with Gasteiger partial charge in [-0.15, -0.1) is 0 Å². The zero-order valence-corrected chi connectivity index (χ0v) is 22.3. The number of halogens is 1. The lowest BCUT2D eigenvalue weighted by Crippen LogP contribution is -2.27. The zero-order chi connectivity index (χ0) is 25.1. The van der Waals surface area contributed by atoms with Crippen LogP contribution in [0.5, 0.6) is 0 Å². The van der Waals surface area contributed by atoms with Crippen LogP contribution in [0.1, 0.15) is 54.4 Å². The number of ether oxygens (including phenoxy) is 2. The van der Waals surface area contributed by atoms with Gasteiger partial charge in [0, 0.05) is 45.1 Å². The SMILES string of the molecule is CC(C)(C)OC(=O)Nc1ccc2c(c1)c1cc(NC(=O)OC(C)(C)C)ccc1n2CCCCBr.